The fourth-order valence-corrected chi connectivity index (χ4v) is 1.54. The molecule has 3 N–H and O–H groups in total. The van der Waals surface area contributed by atoms with Crippen LogP contribution in [0.4, 0.5) is 5.95 Å². The average molecular weight is 248 g/mol. The molecule has 0 radical (unpaired) electrons. The zero-order chi connectivity index (χ0) is 13.9. The van der Waals surface area contributed by atoms with Crippen LogP contribution in [0.3, 0.4) is 0 Å². The largest absolute Gasteiger partial charge is 0.512 e. The van der Waals surface area contributed by atoms with Gasteiger partial charge in [-0.25, -0.2) is 9.97 Å². The zero-order valence-corrected chi connectivity index (χ0v) is 10.9. The van der Waals surface area contributed by atoms with Crippen LogP contribution in [-0.4, -0.2) is 26.7 Å². The first-order valence-corrected chi connectivity index (χ1v) is 5.39. The first-order valence-electron chi connectivity index (χ1n) is 5.39. The van der Waals surface area contributed by atoms with E-state index in [0.717, 1.165) is 11.4 Å². The summed E-state index contributed by atoms with van der Waals surface area (Å²) in [5.41, 5.74) is 7.17. The van der Waals surface area contributed by atoms with Gasteiger partial charge in [-0.2, -0.15) is 4.99 Å². The maximum Gasteiger partial charge on any atom is 0.251 e. The fourth-order valence-electron chi connectivity index (χ4n) is 1.54. The Bertz CT molecular complexity index is 523. The summed E-state index contributed by atoms with van der Waals surface area (Å²) >= 11 is 0. The number of nitrogens with two attached hydrogens (primary N) is 1. The highest BCUT2D eigenvalue weighted by Gasteiger charge is 2.13. The van der Waals surface area contributed by atoms with E-state index in [1.54, 1.807) is 6.07 Å². The van der Waals surface area contributed by atoms with E-state index >= 15 is 0 Å². The van der Waals surface area contributed by atoms with Gasteiger partial charge in [0.1, 0.15) is 11.6 Å². The van der Waals surface area contributed by atoms with Gasteiger partial charge in [0.2, 0.25) is 0 Å². The molecule has 0 spiro atoms. The Hall–Kier alpha value is -2.24. The maximum absolute atomic E-state index is 11.3. The molecule has 1 heterocycles. The number of hydrogen-bond acceptors (Lipinski definition) is 5. The molecule has 96 valence electrons. The lowest BCUT2D eigenvalue weighted by molar-refractivity contribution is -0.113. The van der Waals surface area contributed by atoms with Crippen LogP contribution in [0.2, 0.25) is 0 Å². The Balaban J connectivity index is 3.24. The molecule has 0 amide bonds. The van der Waals surface area contributed by atoms with Crippen LogP contribution >= 0.6 is 0 Å². The minimum atomic E-state index is -0.361. The van der Waals surface area contributed by atoms with Crippen molar-refractivity contribution in [1.82, 2.24) is 9.97 Å². The van der Waals surface area contributed by atoms with E-state index in [4.69, 9.17) is 5.73 Å². The zero-order valence-electron chi connectivity index (χ0n) is 10.9. The number of ketones is 1. The van der Waals surface area contributed by atoms with E-state index in [1.165, 1.54) is 13.8 Å². The molecule has 1 aromatic rings. The van der Waals surface area contributed by atoms with Gasteiger partial charge in [0.15, 0.2) is 5.78 Å². The molecule has 1 aromatic heterocycles. The lowest BCUT2D eigenvalue weighted by Crippen LogP contribution is -2.21. The summed E-state index contributed by atoms with van der Waals surface area (Å²) in [5.74, 6) is -0.453. The van der Waals surface area contributed by atoms with Crippen molar-refractivity contribution >= 4 is 17.6 Å². The van der Waals surface area contributed by atoms with Gasteiger partial charge in [-0.15, -0.1) is 0 Å². The quantitative estimate of drug-likeness (QED) is 0.365. The molecular formula is C12H16N4O2. The van der Waals surface area contributed by atoms with Crippen molar-refractivity contribution < 1.29 is 9.90 Å². The van der Waals surface area contributed by atoms with Crippen LogP contribution < -0.4 is 5.73 Å². The van der Waals surface area contributed by atoms with Gasteiger partial charge < -0.3 is 10.8 Å². The van der Waals surface area contributed by atoms with Crippen molar-refractivity contribution in [1.29, 1.82) is 0 Å². The van der Waals surface area contributed by atoms with Crippen LogP contribution in [0.5, 0.6) is 0 Å². The Morgan fingerprint density at radius 1 is 1.28 bits per heavy atom. The number of aryl methyl sites for hydroxylation is 2. The molecule has 6 heteroatoms. The standard InChI is InChI=1S/C12H16N4O2/c1-6-5-7(2)15-12(14-6)16-11(13)10(8(3)17)9(4)18/h5,17H,1-4H3,(H2,13,14,15,16). The molecule has 0 saturated carbocycles. The third-order valence-corrected chi connectivity index (χ3v) is 2.16. The van der Waals surface area contributed by atoms with Crippen LogP contribution in [-0.2, 0) is 4.79 Å². The molecule has 0 aromatic carbocycles. The first kappa shape index (κ1) is 13.8. The Morgan fingerprint density at radius 3 is 2.17 bits per heavy atom. The molecule has 0 atom stereocenters. The molecular weight excluding hydrogens is 232 g/mol. The number of hydrogen-bond donors (Lipinski definition) is 2. The SMILES string of the molecule is CC(=O)C(C(N)=Nc1nc(C)cc(C)n1)=C(C)O. The van der Waals surface area contributed by atoms with Crippen molar-refractivity contribution in [3.8, 4) is 0 Å². The molecule has 18 heavy (non-hydrogen) atoms. The number of carbonyl (C=O) groups is 1. The number of aliphatic hydroxyl groups is 1. The normalized spacial score (nSPS) is 13.2. The summed E-state index contributed by atoms with van der Waals surface area (Å²) in [6.45, 7) is 6.30. The molecule has 0 bridgehead atoms. The van der Waals surface area contributed by atoms with Crippen molar-refractivity contribution in [2.75, 3.05) is 0 Å². The van der Waals surface area contributed by atoms with Gasteiger partial charge in [-0.1, -0.05) is 0 Å². The number of allylic oxidation sites excluding steroid dienone is 1. The lowest BCUT2D eigenvalue weighted by atomic mass is 10.1. The van der Waals surface area contributed by atoms with Gasteiger partial charge in [-0.05, 0) is 33.8 Å². The van der Waals surface area contributed by atoms with Crippen molar-refractivity contribution in [3.63, 3.8) is 0 Å². The minimum Gasteiger partial charge on any atom is -0.512 e. The number of aliphatic hydroxyl groups excluding tert-OH is 1. The number of aliphatic imine (C=N–C) groups is 1. The smallest absolute Gasteiger partial charge is 0.251 e. The molecule has 0 unspecified atom stereocenters. The summed E-state index contributed by atoms with van der Waals surface area (Å²) in [5, 5.41) is 9.40. The second kappa shape index (κ2) is 5.39. The summed E-state index contributed by atoms with van der Waals surface area (Å²) in [6, 6.07) is 1.80. The predicted molar refractivity (Wildman–Crippen MR) is 68.8 cm³/mol. The number of Topliss-reactive ketones (excluding diaryl/α,β-unsaturated/α-hetero) is 1. The lowest BCUT2D eigenvalue weighted by Gasteiger charge is -2.04. The number of nitrogens with zero attached hydrogens (tertiary/aromatic N) is 3. The Labute approximate surface area is 105 Å². The van der Waals surface area contributed by atoms with E-state index in [0.29, 0.717) is 0 Å². The van der Waals surface area contributed by atoms with Gasteiger partial charge in [0.25, 0.3) is 5.95 Å². The van der Waals surface area contributed by atoms with Gasteiger partial charge >= 0.3 is 0 Å². The van der Waals surface area contributed by atoms with E-state index in [-0.39, 0.29) is 28.9 Å². The molecule has 0 fully saturated rings. The van der Waals surface area contributed by atoms with Gasteiger partial charge in [-0.3, -0.25) is 4.79 Å². The third kappa shape index (κ3) is 3.38. The predicted octanol–water partition coefficient (Wildman–Crippen LogP) is 1.50. The van der Waals surface area contributed by atoms with Gasteiger partial charge in [0.05, 0.1) is 5.57 Å². The highest BCUT2D eigenvalue weighted by atomic mass is 16.3. The number of aromatic nitrogens is 2. The Kier molecular flexibility index (Phi) is 4.14. The van der Waals surface area contributed by atoms with Crippen molar-refractivity contribution in [2.45, 2.75) is 27.7 Å². The average Bonchev–Trinajstić information content (AvgIpc) is 2.13. The second-order valence-electron chi connectivity index (χ2n) is 3.96. The molecule has 0 saturated heterocycles. The van der Waals surface area contributed by atoms with Crippen LogP contribution in [0.15, 0.2) is 22.4 Å². The van der Waals surface area contributed by atoms with Gasteiger partial charge in [0, 0.05) is 11.4 Å². The summed E-state index contributed by atoms with van der Waals surface area (Å²) in [4.78, 5) is 23.5. The molecule has 6 nitrogen and oxygen atoms in total. The maximum atomic E-state index is 11.3. The van der Waals surface area contributed by atoms with Crippen LogP contribution in [0.25, 0.3) is 0 Å². The second-order valence-corrected chi connectivity index (χ2v) is 3.96. The highest BCUT2D eigenvalue weighted by molar-refractivity contribution is 6.20. The molecule has 0 aliphatic rings. The van der Waals surface area contributed by atoms with E-state index < -0.39 is 0 Å². The van der Waals surface area contributed by atoms with Crippen molar-refractivity contribution in [2.24, 2.45) is 10.7 Å². The summed E-state index contributed by atoms with van der Waals surface area (Å²) in [6.07, 6.45) is 0. The topological polar surface area (TPSA) is 101 Å². The summed E-state index contributed by atoms with van der Waals surface area (Å²) in [7, 11) is 0. The van der Waals surface area contributed by atoms with Crippen LogP contribution in [0, 0.1) is 13.8 Å². The highest BCUT2D eigenvalue weighted by Crippen LogP contribution is 2.10. The van der Waals surface area contributed by atoms with Crippen molar-refractivity contribution in [3.05, 3.63) is 28.8 Å². The molecule has 0 aliphatic heterocycles. The van der Waals surface area contributed by atoms with E-state index in [2.05, 4.69) is 15.0 Å². The van der Waals surface area contributed by atoms with E-state index in [9.17, 15) is 9.90 Å². The molecule has 1 rings (SSSR count). The Morgan fingerprint density at radius 2 is 1.78 bits per heavy atom. The molecule has 0 aliphatic carbocycles. The van der Waals surface area contributed by atoms with Crippen LogP contribution in [0.1, 0.15) is 25.2 Å². The first-order chi connectivity index (χ1) is 8.31. The fraction of sp³-hybridized carbons (Fsp3) is 0.333. The number of rotatable bonds is 3. The number of carbonyl (C=O) groups excluding carboxylic acids is 1. The minimum absolute atomic E-state index is 0.0160. The monoisotopic (exact) mass is 248 g/mol. The third-order valence-electron chi connectivity index (χ3n) is 2.16. The number of amidine groups is 1. The van der Waals surface area contributed by atoms with E-state index in [1.807, 2.05) is 13.8 Å². The summed E-state index contributed by atoms with van der Waals surface area (Å²) < 4.78 is 0.